The summed E-state index contributed by atoms with van der Waals surface area (Å²) in [7, 11) is -3.64. The maximum Gasteiger partial charge on any atom is 0.242 e. The lowest BCUT2D eigenvalue weighted by Gasteiger charge is -2.23. The van der Waals surface area contributed by atoms with Crippen LogP contribution in [0, 0.1) is 0 Å². The highest BCUT2D eigenvalue weighted by molar-refractivity contribution is 7.89. The topological polar surface area (TPSA) is 72.2 Å². The second-order valence-electron chi connectivity index (χ2n) is 5.03. The predicted octanol–water partition coefficient (Wildman–Crippen LogP) is 3.06. The first-order valence-corrected chi connectivity index (χ1v) is 8.88. The van der Waals surface area contributed by atoms with Crippen LogP contribution in [0.2, 0.25) is 10.0 Å². The number of hydrogen-bond donors (Lipinski definition) is 2. The van der Waals surface area contributed by atoms with Crippen LogP contribution in [0.25, 0.3) is 0 Å². The Bertz CT molecular complexity index is 584. The molecule has 0 unspecified atom stereocenters. The number of sulfonamides is 1. The van der Waals surface area contributed by atoms with Crippen molar-refractivity contribution in [2.24, 2.45) is 5.73 Å². The van der Waals surface area contributed by atoms with Gasteiger partial charge in [-0.3, -0.25) is 0 Å². The molecule has 0 heterocycles. The molecule has 1 fully saturated rings. The second-order valence-corrected chi connectivity index (χ2v) is 7.53. The molecular formula is C13H18Cl2N2O2S. The molecule has 1 aromatic carbocycles. The summed E-state index contributed by atoms with van der Waals surface area (Å²) in [6.07, 6.45) is 5.00. The molecule has 3 N–H and O–H groups in total. The van der Waals surface area contributed by atoms with Crippen molar-refractivity contribution in [1.29, 1.82) is 0 Å². The second kappa shape index (κ2) is 6.62. The van der Waals surface area contributed by atoms with Gasteiger partial charge in [0.05, 0.1) is 5.02 Å². The third-order valence-electron chi connectivity index (χ3n) is 3.54. The molecule has 4 nitrogen and oxygen atoms in total. The van der Waals surface area contributed by atoms with Crippen molar-refractivity contribution >= 4 is 33.2 Å². The van der Waals surface area contributed by atoms with Gasteiger partial charge in [-0.25, -0.2) is 13.1 Å². The van der Waals surface area contributed by atoms with Gasteiger partial charge in [-0.15, -0.1) is 0 Å². The molecule has 7 heteroatoms. The molecular weight excluding hydrogens is 319 g/mol. The predicted molar refractivity (Wildman–Crippen MR) is 81.5 cm³/mol. The Labute approximate surface area is 129 Å². The molecule has 1 aliphatic rings. The summed E-state index contributed by atoms with van der Waals surface area (Å²) in [5.74, 6) is 0. The zero-order valence-corrected chi connectivity index (χ0v) is 13.4. The van der Waals surface area contributed by atoms with Crippen LogP contribution >= 0.6 is 23.2 Å². The van der Waals surface area contributed by atoms with E-state index in [1.54, 1.807) is 0 Å². The summed E-state index contributed by atoms with van der Waals surface area (Å²) in [4.78, 5) is 0.0505. The Kier molecular flexibility index (Phi) is 5.31. The number of halogens is 2. The third kappa shape index (κ3) is 3.65. The Morgan fingerprint density at radius 2 is 1.80 bits per heavy atom. The normalized spacial score (nSPS) is 17.4. The van der Waals surface area contributed by atoms with Crippen molar-refractivity contribution < 1.29 is 8.42 Å². The molecule has 0 aliphatic heterocycles. The van der Waals surface area contributed by atoms with E-state index in [9.17, 15) is 8.42 Å². The number of benzene rings is 1. The van der Waals surface area contributed by atoms with Crippen LogP contribution < -0.4 is 10.5 Å². The van der Waals surface area contributed by atoms with Crippen LogP contribution in [0.15, 0.2) is 17.0 Å². The highest BCUT2D eigenvalue weighted by Crippen LogP contribution is 2.29. The minimum atomic E-state index is -3.64. The van der Waals surface area contributed by atoms with Crippen LogP contribution in [-0.2, 0) is 16.6 Å². The zero-order chi connectivity index (χ0) is 14.8. The van der Waals surface area contributed by atoms with Gasteiger partial charge in [0, 0.05) is 17.6 Å². The minimum absolute atomic E-state index is 0.0122. The summed E-state index contributed by atoms with van der Waals surface area (Å²) < 4.78 is 27.6. The first-order valence-electron chi connectivity index (χ1n) is 6.64. The Balaban J connectivity index is 2.28. The molecule has 0 aromatic heterocycles. The largest absolute Gasteiger partial charge is 0.326 e. The van der Waals surface area contributed by atoms with E-state index in [4.69, 9.17) is 28.9 Å². The van der Waals surface area contributed by atoms with E-state index >= 15 is 0 Å². The molecule has 1 aromatic rings. The van der Waals surface area contributed by atoms with E-state index < -0.39 is 10.0 Å². The van der Waals surface area contributed by atoms with Gasteiger partial charge in [0.2, 0.25) is 10.0 Å². The van der Waals surface area contributed by atoms with Crippen molar-refractivity contribution in [2.75, 3.05) is 0 Å². The lowest BCUT2D eigenvalue weighted by molar-refractivity contribution is 0.412. The van der Waals surface area contributed by atoms with E-state index in [1.807, 2.05) is 0 Å². The standard InChI is InChI=1S/C13H18Cl2N2O2S/c14-11-7-12(15)13(6-9(11)8-16)20(18,19)17-10-4-2-1-3-5-10/h6-7,10,17H,1-5,8,16H2. The average Bonchev–Trinajstić information content (AvgIpc) is 2.39. The quantitative estimate of drug-likeness (QED) is 0.887. The molecule has 0 atom stereocenters. The summed E-state index contributed by atoms with van der Waals surface area (Å²) in [6.45, 7) is 0.169. The van der Waals surface area contributed by atoms with E-state index in [-0.39, 0.29) is 22.5 Å². The first-order chi connectivity index (χ1) is 9.44. The highest BCUT2D eigenvalue weighted by atomic mass is 35.5. The molecule has 112 valence electrons. The van der Waals surface area contributed by atoms with Crippen molar-refractivity contribution in [3.63, 3.8) is 0 Å². The van der Waals surface area contributed by atoms with Gasteiger partial charge in [-0.2, -0.15) is 0 Å². The number of rotatable bonds is 4. The van der Waals surface area contributed by atoms with Gasteiger partial charge >= 0.3 is 0 Å². The monoisotopic (exact) mass is 336 g/mol. The summed E-state index contributed by atoms with van der Waals surface area (Å²) >= 11 is 12.0. The van der Waals surface area contributed by atoms with Crippen LogP contribution in [0.5, 0.6) is 0 Å². The Morgan fingerprint density at radius 1 is 1.15 bits per heavy atom. The summed E-state index contributed by atoms with van der Waals surface area (Å²) in [6, 6.07) is 2.87. The van der Waals surface area contributed by atoms with Crippen LogP contribution in [0.3, 0.4) is 0 Å². The van der Waals surface area contributed by atoms with Crippen molar-refractivity contribution in [2.45, 2.75) is 49.6 Å². The Hall–Kier alpha value is -0.330. The highest BCUT2D eigenvalue weighted by Gasteiger charge is 2.24. The number of hydrogen-bond acceptors (Lipinski definition) is 3. The van der Waals surface area contributed by atoms with Crippen molar-refractivity contribution in [1.82, 2.24) is 4.72 Å². The molecule has 1 aliphatic carbocycles. The molecule has 2 rings (SSSR count). The van der Waals surface area contributed by atoms with Gasteiger partial charge in [0.1, 0.15) is 4.90 Å². The van der Waals surface area contributed by atoms with Gasteiger partial charge in [-0.1, -0.05) is 42.5 Å². The lowest BCUT2D eigenvalue weighted by atomic mass is 9.96. The molecule has 0 spiro atoms. The zero-order valence-electron chi connectivity index (χ0n) is 11.0. The molecule has 0 radical (unpaired) electrons. The average molecular weight is 337 g/mol. The fourth-order valence-corrected chi connectivity index (χ4v) is 4.62. The number of nitrogens with one attached hydrogen (secondary N) is 1. The van der Waals surface area contributed by atoms with Crippen LogP contribution in [-0.4, -0.2) is 14.5 Å². The summed E-state index contributed by atoms with van der Waals surface area (Å²) in [5, 5.41) is 0.504. The maximum absolute atomic E-state index is 12.4. The lowest BCUT2D eigenvalue weighted by Crippen LogP contribution is -2.36. The first kappa shape index (κ1) is 16.0. The van der Waals surface area contributed by atoms with Gasteiger partial charge in [-0.05, 0) is 30.5 Å². The maximum atomic E-state index is 12.4. The SMILES string of the molecule is NCc1cc(S(=O)(=O)NC2CCCCC2)c(Cl)cc1Cl. The smallest absolute Gasteiger partial charge is 0.242 e. The molecule has 0 amide bonds. The number of nitrogens with two attached hydrogens (primary N) is 1. The Morgan fingerprint density at radius 3 is 2.40 bits per heavy atom. The van der Waals surface area contributed by atoms with Crippen LogP contribution in [0.1, 0.15) is 37.7 Å². The van der Waals surface area contributed by atoms with Crippen molar-refractivity contribution in [3.8, 4) is 0 Å². The fourth-order valence-electron chi connectivity index (χ4n) is 2.44. The minimum Gasteiger partial charge on any atom is -0.326 e. The van der Waals surface area contributed by atoms with Gasteiger partial charge in [0.25, 0.3) is 0 Å². The summed E-state index contributed by atoms with van der Waals surface area (Å²) in [5.41, 5.74) is 6.12. The van der Waals surface area contributed by atoms with Gasteiger partial charge < -0.3 is 5.73 Å². The molecule has 1 saturated carbocycles. The van der Waals surface area contributed by atoms with E-state index in [0.717, 1.165) is 32.1 Å². The third-order valence-corrected chi connectivity index (χ3v) is 5.87. The van der Waals surface area contributed by atoms with E-state index in [0.29, 0.717) is 10.6 Å². The molecule has 0 bridgehead atoms. The van der Waals surface area contributed by atoms with Crippen LogP contribution in [0.4, 0.5) is 0 Å². The van der Waals surface area contributed by atoms with E-state index in [2.05, 4.69) is 4.72 Å². The molecule has 0 saturated heterocycles. The van der Waals surface area contributed by atoms with Gasteiger partial charge in [0.15, 0.2) is 0 Å². The van der Waals surface area contributed by atoms with Crippen molar-refractivity contribution in [3.05, 3.63) is 27.7 Å². The fraction of sp³-hybridized carbons (Fsp3) is 0.538. The molecule has 20 heavy (non-hydrogen) atoms. The van der Waals surface area contributed by atoms with E-state index in [1.165, 1.54) is 12.1 Å².